The molecule has 0 bridgehead atoms. The third-order valence-corrected chi connectivity index (χ3v) is 3.34. The fraction of sp³-hybridized carbons (Fsp3) is 0.929. The molecule has 1 atom stereocenters. The number of likely N-dealkylation sites (tertiary alicyclic amines) is 1. The van der Waals surface area contributed by atoms with Crippen LogP contribution < -0.4 is 5.32 Å². The van der Waals surface area contributed by atoms with Gasteiger partial charge < -0.3 is 20.1 Å². The molecule has 1 amide bonds. The predicted octanol–water partition coefficient (Wildman–Crippen LogP) is 1.60. The number of likely N-dealkylation sites (N-methyl/N-ethyl adjacent to an activating group) is 1. The van der Waals surface area contributed by atoms with E-state index in [2.05, 4.69) is 5.32 Å². The standard InChI is InChI=1S/C14H28N2O3/c1-5-15-10-12(17)11-6-8-16(9-7-11)13(18)19-14(2,3)4/h11-12,15,17H,5-10H2,1-4H3. The van der Waals surface area contributed by atoms with E-state index < -0.39 is 5.60 Å². The van der Waals surface area contributed by atoms with E-state index in [0.29, 0.717) is 19.6 Å². The molecular formula is C14H28N2O3. The van der Waals surface area contributed by atoms with Crippen LogP contribution in [0.15, 0.2) is 0 Å². The molecule has 19 heavy (non-hydrogen) atoms. The van der Waals surface area contributed by atoms with Gasteiger partial charge in [-0.05, 0) is 46.1 Å². The second-order valence-electron chi connectivity index (χ2n) is 6.18. The molecule has 2 N–H and O–H groups in total. The molecule has 1 saturated heterocycles. The van der Waals surface area contributed by atoms with E-state index in [1.807, 2.05) is 27.7 Å². The van der Waals surface area contributed by atoms with Gasteiger partial charge in [-0.2, -0.15) is 0 Å². The van der Waals surface area contributed by atoms with Gasteiger partial charge in [0.2, 0.25) is 0 Å². The van der Waals surface area contributed by atoms with Crippen LogP contribution >= 0.6 is 0 Å². The van der Waals surface area contributed by atoms with Crippen molar-refractivity contribution < 1.29 is 14.6 Å². The van der Waals surface area contributed by atoms with Crippen molar-refractivity contribution in [1.82, 2.24) is 10.2 Å². The lowest BCUT2D eigenvalue weighted by Gasteiger charge is -2.35. The number of rotatable bonds is 4. The summed E-state index contributed by atoms with van der Waals surface area (Å²) in [5, 5.41) is 13.2. The summed E-state index contributed by atoms with van der Waals surface area (Å²) in [5.74, 6) is 0.276. The van der Waals surface area contributed by atoms with E-state index in [9.17, 15) is 9.90 Å². The molecule has 0 spiro atoms. The molecule has 0 aromatic rings. The number of nitrogens with zero attached hydrogens (tertiary/aromatic N) is 1. The summed E-state index contributed by atoms with van der Waals surface area (Å²) in [6, 6.07) is 0. The minimum absolute atomic E-state index is 0.243. The van der Waals surface area contributed by atoms with Crippen molar-refractivity contribution in [2.45, 2.75) is 52.2 Å². The summed E-state index contributed by atoms with van der Waals surface area (Å²) in [7, 11) is 0. The van der Waals surface area contributed by atoms with Crippen LogP contribution in [-0.4, -0.2) is 54.0 Å². The van der Waals surface area contributed by atoms with Gasteiger partial charge in [0.15, 0.2) is 0 Å². The first kappa shape index (κ1) is 16.2. The fourth-order valence-electron chi connectivity index (χ4n) is 2.25. The smallest absolute Gasteiger partial charge is 0.410 e. The second-order valence-corrected chi connectivity index (χ2v) is 6.18. The quantitative estimate of drug-likeness (QED) is 0.816. The van der Waals surface area contributed by atoms with E-state index in [1.165, 1.54) is 0 Å². The molecule has 0 aliphatic carbocycles. The normalized spacial score (nSPS) is 19.3. The number of amides is 1. The molecule has 0 aromatic heterocycles. The van der Waals surface area contributed by atoms with Crippen molar-refractivity contribution in [2.24, 2.45) is 5.92 Å². The minimum Gasteiger partial charge on any atom is -0.444 e. The zero-order valence-electron chi connectivity index (χ0n) is 12.6. The molecule has 112 valence electrons. The monoisotopic (exact) mass is 272 g/mol. The third kappa shape index (κ3) is 5.78. The maximum Gasteiger partial charge on any atom is 0.410 e. The van der Waals surface area contributed by atoms with Crippen molar-refractivity contribution in [3.63, 3.8) is 0 Å². The summed E-state index contributed by atoms with van der Waals surface area (Å²) in [4.78, 5) is 13.6. The lowest BCUT2D eigenvalue weighted by Crippen LogP contribution is -2.45. The molecule has 1 aliphatic heterocycles. The predicted molar refractivity (Wildman–Crippen MR) is 75.1 cm³/mol. The number of carbonyl (C=O) groups is 1. The first-order valence-corrected chi connectivity index (χ1v) is 7.20. The Bertz CT molecular complexity index is 281. The van der Waals surface area contributed by atoms with Crippen LogP contribution in [0.25, 0.3) is 0 Å². The molecule has 1 unspecified atom stereocenters. The molecule has 0 saturated carbocycles. The van der Waals surface area contributed by atoms with Crippen LogP contribution in [0, 0.1) is 5.92 Å². The first-order chi connectivity index (χ1) is 8.83. The molecule has 1 heterocycles. The maximum absolute atomic E-state index is 11.9. The number of nitrogens with one attached hydrogen (secondary N) is 1. The molecule has 5 heteroatoms. The van der Waals surface area contributed by atoms with Gasteiger partial charge in [0, 0.05) is 19.6 Å². The minimum atomic E-state index is -0.446. The highest BCUT2D eigenvalue weighted by molar-refractivity contribution is 5.68. The second kappa shape index (κ2) is 7.10. The Morgan fingerprint density at radius 2 is 2.00 bits per heavy atom. The lowest BCUT2D eigenvalue weighted by molar-refractivity contribution is 0.00815. The SMILES string of the molecule is CCNCC(O)C1CCN(C(=O)OC(C)(C)C)CC1. The van der Waals surface area contributed by atoms with Gasteiger partial charge >= 0.3 is 6.09 Å². The van der Waals surface area contributed by atoms with Gasteiger partial charge in [-0.15, -0.1) is 0 Å². The van der Waals surface area contributed by atoms with E-state index in [4.69, 9.17) is 4.74 Å². The van der Waals surface area contributed by atoms with Crippen LogP contribution in [0.3, 0.4) is 0 Å². The van der Waals surface area contributed by atoms with Gasteiger partial charge in [0.25, 0.3) is 0 Å². The number of piperidine rings is 1. The van der Waals surface area contributed by atoms with Crippen LogP contribution in [0.2, 0.25) is 0 Å². The fourth-order valence-corrected chi connectivity index (χ4v) is 2.25. The maximum atomic E-state index is 11.9. The molecule has 0 aromatic carbocycles. The number of carbonyl (C=O) groups excluding carboxylic acids is 1. The highest BCUT2D eigenvalue weighted by atomic mass is 16.6. The summed E-state index contributed by atoms with van der Waals surface area (Å²) >= 11 is 0. The number of hydrogen-bond donors (Lipinski definition) is 2. The number of aliphatic hydroxyl groups excluding tert-OH is 1. The zero-order chi connectivity index (χ0) is 14.5. The van der Waals surface area contributed by atoms with Crippen molar-refractivity contribution >= 4 is 6.09 Å². The van der Waals surface area contributed by atoms with Crippen molar-refractivity contribution in [1.29, 1.82) is 0 Å². The Morgan fingerprint density at radius 1 is 1.42 bits per heavy atom. The summed E-state index contributed by atoms with van der Waals surface area (Å²) in [5.41, 5.74) is -0.446. The Morgan fingerprint density at radius 3 is 2.47 bits per heavy atom. The lowest BCUT2D eigenvalue weighted by atomic mass is 9.91. The number of hydrogen-bond acceptors (Lipinski definition) is 4. The third-order valence-electron chi connectivity index (χ3n) is 3.34. The number of ether oxygens (including phenoxy) is 1. The highest BCUT2D eigenvalue weighted by Gasteiger charge is 2.29. The van der Waals surface area contributed by atoms with E-state index in [0.717, 1.165) is 19.4 Å². The van der Waals surface area contributed by atoms with Gasteiger partial charge in [-0.3, -0.25) is 0 Å². The van der Waals surface area contributed by atoms with E-state index in [-0.39, 0.29) is 18.1 Å². The Labute approximate surface area is 116 Å². The van der Waals surface area contributed by atoms with Gasteiger partial charge in [-0.1, -0.05) is 6.92 Å². The van der Waals surface area contributed by atoms with Crippen LogP contribution in [0.1, 0.15) is 40.5 Å². The average Bonchev–Trinajstić information content (AvgIpc) is 2.34. The first-order valence-electron chi connectivity index (χ1n) is 7.20. The van der Waals surface area contributed by atoms with Gasteiger partial charge in [-0.25, -0.2) is 4.79 Å². The molecule has 5 nitrogen and oxygen atoms in total. The number of aliphatic hydroxyl groups is 1. The molecule has 0 radical (unpaired) electrons. The molecule has 1 fully saturated rings. The van der Waals surface area contributed by atoms with Crippen molar-refractivity contribution in [3.05, 3.63) is 0 Å². The van der Waals surface area contributed by atoms with Crippen LogP contribution in [0.5, 0.6) is 0 Å². The average molecular weight is 272 g/mol. The topological polar surface area (TPSA) is 61.8 Å². The van der Waals surface area contributed by atoms with Gasteiger partial charge in [0.1, 0.15) is 5.60 Å². The Kier molecular flexibility index (Phi) is 6.07. The Balaban J connectivity index is 2.34. The van der Waals surface area contributed by atoms with Crippen molar-refractivity contribution in [2.75, 3.05) is 26.2 Å². The molecular weight excluding hydrogens is 244 g/mol. The summed E-state index contributed by atoms with van der Waals surface area (Å²) in [6.07, 6.45) is 1.12. The molecule has 1 rings (SSSR count). The zero-order valence-corrected chi connectivity index (χ0v) is 12.6. The largest absolute Gasteiger partial charge is 0.444 e. The van der Waals surface area contributed by atoms with Gasteiger partial charge in [0.05, 0.1) is 6.10 Å². The van der Waals surface area contributed by atoms with E-state index >= 15 is 0 Å². The highest BCUT2D eigenvalue weighted by Crippen LogP contribution is 2.22. The summed E-state index contributed by atoms with van der Waals surface area (Å²) < 4.78 is 5.35. The van der Waals surface area contributed by atoms with Crippen molar-refractivity contribution in [3.8, 4) is 0 Å². The molecule has 1 aliphatic rings. The van der Waals surface area contributed by atoms with E-state index in [1.54, 1.807) is 4.90 Å². The summed E-state index contributed by atoms with van der Waals surface area (Å²) in [6.45, 7) is 10.5. The van der Waals surface area contributed by atoms with Crippen LogP contribution in [0.4, 0.5) is 4.79 Å². The van der Waals surface area contributed by atoms with Crippen LogP contribution in [-0.2, 0) is 4.74 Å². The Hall–Kier alpha value is -0.810.